The Labute approximate surface area is 125 Å². The number of rotatable bonds is 6. The highest BCUT2D eigenvalue weighted by Gasteiger charge is 2.18. The lowest BCUT2D eigenvalue weighted by atomic mass is 10.2. The fraction of sp³-hybridized carbons (Fsp3) is 0.294. The molecule has 0 aliphatic carbocycles. The maximum Gasteiger partial charge on any atom is 0.261 e. The minimum absolute atomic E-state index is 0.121. The second-order valence-corrected chi connectivity index (χ2v) is 4.87. The third-order valence-corrected chi connectivity index (χ3v) is 3.10. The van der Waals surface area contributed by atoms with Gasteiger partial charge in [-0.2, -0.15) is 0 Å². The second kappa shape index (κ2) is 7.43. The average Bonchev–Trinajstić information content (AvgIpc) is 2.51. The number of carbonyl (C=O) groups is 1. The minimum Gasteiger partial charge on any atom is -0.481 e. The van der Waals surface area contributed by atoms with Gasteiger partial charge in [0.1, 0.15) is 5.75 Å². The van der Waals surface area contributed by atoms with Gasteiger partial charge in [0.05, 0.1) is 12.2 Å². The Hall–Kier alpha value is -2.36. The van der Waals surface area contributed by atoms with Gasteiger partial charge in [0, 0.05) is 6.20 Å². The van der Waals surface area contributed by atoms with Gasteiger partial charge in [-0.3, -0.25) is 9.78 Å². The highest BCUT2D eigenvalue weighted by molar-refractivity contribution is 5.81. The van der Waals surface area contributed by atoms with Crippen molar-refractivity contribution in [3.63, 3.8) is 0 Å². The summed E-state index contributed by atoms with van der Waals surface area (Å²) in [6.45, 7) is 4.34. The highest BCUT2D eigenvalue weighted by atomic mass is 16.5. The van der Waals surface area contributed by atoms with Crippen LogP contribution in [0.5, 0.6) is 5.75 Å². The number of aryl methyl sites for hydroxylation is 1. The number of nitrogens with zero attached hydrogens (tertiary/aromatic N) is 1. The largest absolute Gasteiger partial charge is 0.481 e. The lowest BCUT2D eigenvalue weighted by molar-refractivity contribution is -0.128. The van der Waals surface area contributed by atoms with Crippen LogP contribution in [0.1, 0.15) is 24.6 Å². The zero-order valence-electron chi connectivity index (χ0n) is 12.4. The molecule has 0 bridgehead atoms. The van der Waals surface area contributed by atoms with Crippen molar-refractivity contribution in [1.82, 2.24) is 10.3 Å². The van der Waals surface area contributed by atoms with Crippen LogP contribution in [0.3, 0.4) is 0 Å². The fourth-order valence-electron chi connectivity index (χ4n) is 1.97. The van der Waals surface area contributed by atoms with E-state index in [1.807, 2.05) is 56.3 Å². The monoisotopic (exact) mass is 284 g/mol. The van der Waals surface area contributed by atoms with Crippen LogP contribution in [0.25, 0.3) is 0 Å². The standard InChI is InChI=1S/C17H20N2O2/c1-3-16(21-15-9-6-7-13(2)11-15)17(20)19-12-14-8-4-5-10-18-14/h4-11,16H,3,12H2,1-2H3,(H,19,20). The first-order chi connectivity index (χ1) is 10.2. The molecule has 1 aromatic heterocycles. The van der Waals surface area contributed by atoms with Crippen molar-refractivity contribution in [2.45, 2.75) is 32.9 Å². The Morgan fingerprint density at radius 3 is 2.81 bits per heavy atom. The van der Waals surface area contributed by atoms with Crippen molar-refractivity contribution in [1.29, 1.82) is 0 Å². The Kier molecular flexibility index (Phi) is 5.32. The summed E-state index contributed by atoms with van der Waals surface area (Å²) in [6, 6.07) is 13.3. The molecule has 0 radical (unpaired) electrons. The molecule has 0 aliphatic heterocycles. The first-order valence-corrected chi connectivity index (χ1v) is 7.10. The molecule has 0 fully saturated rings. The molecular weight excluding hydrogens is 264 g/mol. The average molecular weight is 284 g/mol. The summed E-state index contributed by atoms with van der Waals surface area (Å²) < 4.78 is 5.76. The van der Waals surface area contributed by atoms with E-state index in [0.717, 1.165) is 17.0 Å². The van der Waals surface area contributed by atoms with Crippen LogP contribution in [-0.2, 0) is 11.3 Å². The maximum atomic E-state index is 12.2. The van der Waals surface area contributed by atoms with Crippen LogP contribution >= 0.6 is 0 Å². The molecule has 21 heavy (non-hydrogen) atoms. The number of amides is 1. The fourth-order valence-corrected chi connectivity index (χ4v) is 1.97. The number of carbonyl (C=O) groups excluding carboxylic acids is 1. The molecule has 1 aromatic carbocycles. The first-order valence-electron chi connectivity index (χ1n) is 7.10. The van der Waals surface area contributed by atoms with Gasteiger partial charge in [-0.15, -0.1) is 0 Å². The number of benzene rings is 1. The maximum absolute atomic E-state index is 12.2. The predicted molar refractivity (Wildman–Crippen MR) is 82.0 cm³/mol. The summed E-state index contributed by atoms with van der Waals surface area (Å²) in [5.41, 5.74) is 1.94. The minimum atomic E-state index is -0.490. The molecule has 0 saturated carbocycles. The Balaban J connectivity index is 1.92. The van der Waals surface area contributed by atoms with Crippen molar-refractivity contribution in [3.8, 4) is 5.75 Å². The van der Waals surface area contributed by atoms with Gasteiger partial charge in [0.25, 0.3) is 5.91 Å². The van der Waals surface area contributed by atoms with Crippen LogP contribution in [0.4, 0.5) is 0 Å². The zero-order chi connectivity index (χ0) is 15.1. The first kappa shape index (κ1) is 15.0. The van der Waals surface area contributed by atoms with Crippen LogP contribution in [-0.4, -0.2) is 17.0 Å². The van der Waals surface area contributed by atoms with E-state index in [1.54, 1.807) is 6.20 Å². The van der Waals surface area contributed by atoms with E-state index in [9.17, 15) is 4.79 Å². The molecule has 110 valence electrons. The molecule has 1 amide bonds. The molecule has 1 N–H and O–H groups in total. The van der Waals surface area contributed by atoms with Crippen molar-refractivity contribution < 1.29 is 9.53 Å². The third kappa shape index (κ3) is 4.60. The van der Waals surface area contributed by atoms with E-state index in [-0.39, 0.29) is 5.91 Å². The number of nitrogens with one attached hydrogen (secondary N) is 1. The molecule has 4 heteroatoms. The van der Waals surface area contributed by atoms with Gasteiger partial charge >= 0.3 is 0 Å². The summed E-state index contributed by atoms with van der Waals surface area (Å²) in [6.07, 6.45) is 1.83. The highest BCUT2D eigenvalue weighted by Crippen LogP contribution is 2.15. The van der Waals surface area contributed by atoms with Crippen LogP contribution in [0.15, 0.2) is 48.7 Å². The number of hydrogen-bond acceptors (Lipinski definition) is 3. The third-order valence-electron chi connectivity index (χ3n) is 3.10. The Morgan fingerprint density at radius 1 is 1.29 bits per heavy atom. The lowest BCUT2D eigenvalue weighted by Crippen LogP contribution is -2.37. The normalized spacial score (nSPS) is 11.7. The molecular formula is C17H20N2O2. The van der Waals surface area contributed by atoms with E-state index < -0.39 is 6.10 Å². The smallest absolute Gasteiger partial charge is 0.261 e. The van der Waals surface area contributed by atoms with E-state index in [4.69, 9.17) is 4.74 Å². The molecule has 0 saturated heterocycles. The summed E-state index contributed by atoms with van der Waals surface area (Å²) in [5, 5.41) is 2.86. The molecule has 1 unspecified atom stereocenters. The van der Waals surface area contributed by atoms with E-state index in [1.165, 1.54) is 0 Å². The van der Waals surface area contributed by atoms with Crippen molar-refractivity contribution in [2.24, 2.45) is 0 Å². The van der Waals surface area contributed by atoms with E-state index in [2.05, 4.69) is 10.3 Å². The summed E-state index contributed by atoms with van der Waals surface area (Å²) in [5.74, 6) is 0.597. The second-order valence-electron chi connectivity index (χ2n) is 4.87. The Bertz CT molecular complexity index is 584. The number of hydrogen-bond donors (Lipinski definition) is 1. The van der Waals surface area contributed by atoms with E-state index >= 15 is 0 Å². The molecule has 4 nitrogen and oxygen atoms in total. The predicted octanol–water partition coefficient (Wildman–Crippen LogP) is 2.86. The van der Waals surface area contributed by atoms with Gasteiger partial charge in [0.15, 0.2) is 6.10 Å². The van der Waals surface area contributed by atoms with Gasteiger partial charge in [-0.05, 0) is 43.2 Å². The van der Waals surface area contributed by atoms with Gasteiger partial charge in [-0.1, -0.05) is 25.1 Å². The van der Waals surface area contributed by atoms with Crippen LogP contribution < -0.4 is 10.1 Å². The summed E-state index contributed by atoms with van der Waals surface area (Å²) in [7, 11) is 0. The van der Waals surface area contributed by atoms with Crippen molar-refractivity contribution in [3.05, 3.63) is 59.9 Å². The molecule has 1 heterocycles. The quantitative estimate of drug-likeness (QED) is 0.887. The molecule has 0 aliphatic rings. The molecule has 1 atom stereocenters. The molecule has 0 spiro atoms. The lowest BCUT2D eigenvalue weighted by Gasteiger charge is -2.17. The van der Waals surface area contributed by atoms with Crippen LogP contribution in [0, 0.1) is 6.92 Å². The Morgan fingerprint density at radius 2 is 2.14 bits per heavy atom. The number of pyridine rings is 1. The van der Waals surface area contributed by atoms with Gasteiger partial charge in [0.2, 0.25) is 0 Å². The van der Waals surface area contributed by atoms with Gasteiger partial charge in [-0.25, -0.2) is 0 Å². The van der Waals surface area contributed by atoms with E-state index in [0.29, 0.717) is 13.0 Å². The summed E-state index contributed by atoms with van der Waals surface area (Å²) in [4.78, 5) is 16.3. The molecule has 2 aromatic rings. The summed E-state index contributed by atoms with van der Waals surface area (Å²) >= 11 is 0. The topological polar surface area (TPSA) is 51.2 Å². The number of aromatic nitrogens is 1. The SMILES string of the molecule is CCC(Oc1cccc(C)c1)C(=O)NCc1ccccn1. The number of ether oxygens (including phenoxy) is 1. The van der Waals surface area contributed by atoms with Crippen molar-refractivity contribution >= 4 is 5.91 Å². The van der Waals surface area contributed by atoms with Crippen molar-refractivity contribution in [2.75, 3.05) is 0 Å². The van der Waals surface area contributed by atoms with Gasteiger partial charge < -0.3 is 10.1 Å². The zero-order valence-corrected chi connectivity index (χ0v) is 12.4. The molecule has 2 rings (SSSR count). The van der Waals surface area contributed by atoms with Crippen LogP contribution in [0.2, 0.25) is 0 Å².